The Balaban J connectivity index is 0.00000253. The van der Waals surface area contributed by atoms with E-state index in [0.29, 0.717) is 35.0 Å². The Hall–Kier alpha value is -2.98. The van der Waals surface area contributed by atoms with Crippen molar-refractivity contribution in [3.8, 4) is 0 Å². The Morgan fingerprint density at radius 3 is 2.34 bits per heavy atom. The number of hydrogen-bond acceptors (Lipinski definition) is 7. The van der Waals surface area contributed by atoms with Gasteiger partial charge in [-0.25, -0.2) is 9.97 Å². The van der Waals surface area contributed by atoms with Crippen LogP contribution in [0.2, 0.25) is 0 Å². The summed E-state index contributed by atoms with van der Waals surface area (Å²) in [5.74, 6) is 0.390. The zero-order valence-electron chi connectivity index (χ0n) is 19.6. The first-order chi connectivity index (χ1) is 16.3. The van der Waals surface area contributed by atoms with E-state index in [1.165, 1.54) is 19.2 Å². The normalized spacial score (nSPS) is 21.6. The summed E-state index contributed by atoms with van der Waals surface area (Å²) in [6, 6.07) is 3.28. The van der Waals surface area contributed by atoms with E-state index in [2.05, 4.69) is 25.9 Å². The van der Waals surface area contributed by atoms with Crippen molar-refractivity contribution < 1.29 is 9.59 Å². The number of rotatable bonds is 5. The van der Waals surface area contributed by atoms with Gasteiger partial charge in [-0.3, -0.25) is 19.0 Å². The zero-order valence-corrected chi connectivity index (χ0v) is 20.5. The van der Waals surface area contributed by atoms with Gasteiger partial charge in [-0.15, -0.1) is 12.4 Å². The van der Waals surface area contributed by atoms with Gasteiger partial charge in [0.15, 0.2) is 0 Å². The molecule has 35 heavy (non-hydrogen) atoms. The predicted molar refractivity (Wildman–Crippen MR) is 133 cm³/mol. The first kappa shape index (κ1) is 23.7. The van der Waals surface area contributed by atoms with Crippen molar-refractivity contribution in [3.63, 3.8) is 0 Å². The van der Waals surface area contributed by atoms with E-state index in [1.54, 1.807) is 16.7 Å². The highest BCUT2D eigenvalue weighted by atomic mass is 35.5. The summed E-state index contributed by atoms with van der Waals surface area (Å²) in [7, 11) is 0. The molecule has 3 aliphatic carbocycles. The molecule has 186 valence electrons. The summed E-state index contributed by atoms with van der Waals surface area (Å²) >= 11 is 0. The number of fused-ring (bicyclic) bond motifs is 2. The fraction of sp³-hybridized carbons (Fsp3) is 0.542. The number of aryl methyl sites for hydroxylation is 1. The van der Waals surface area contributed by atoms with E-state index in [4.69, 9.17) is 5.73 Å². The smallest absolute Gasteiger partial charge is 0.276 e. The number of nitrogens with one attached hydrogen (secondary N) is 3. The third-order valence-corrected chi connectivity index (χ3v) is 8.37. The molecule has 4 aliphatic rings. The molecule has 2 aromatic rings. The predicted octanol–water partition coefficient (Wildman–Crippen LogP) is 2.54. The van der Waals surface area contributed by atoms with Crippen LogP contribution >= 0.6 is 12.4 Å². The number of amides is 2. The second-order valence-electron chi connectivity index (χ2n) is 10.6. The largest absolute Gasteiger partial charge is 0.336 e. The van der Waals surface area contributed by atoms with Crippen molar-refractivity contribution >= 4 is 41.5 Å². The van der Waals surface area contributed by atoms with Gasteiger partial charge in [0.05, 0.1) is 5.41 Å². The molecule has 0 saturated heterocycles. The van der Waals surface area contributed by atoms with Gasteiger partial charge in [0.2, 0.25) is 5.91 Å². The molecule has 10 nitrogen and oxygen atoms in total. The summed E-state index contributed by atoms with van der Waals surface area (Å²) < 4.78 is 1.67. The van der Waals surface area contributed by atoms with E-state index >= 15 is 0 Å². The first-order valence-corrected chi connectivity index (χ1v) is 12.0. The van der Waals surface area contributed by atoms with Crippen LogP contribution in [0.15, 0.2) is 23.3 Å². The molecule has 2 aromatic heterocycles. The fourth-order valence-electron chi connectivity index (χ4n) is 5.62. The summed E-state index contributed by atoms with van der Waals surface area (Å²) in [4.78, 5) is 47.4. The van der Waals surface area contributed by atoms with Crippen LogP contribution < -0.4 is 27.2 Å². The van der Waals surface area contributed by atoms with Gasteiger partial charge >= 0.3 is 0 Å². The molecule has 5 N–H and O–H groups in total. The zero-order chi connectivity index (χ0) is 23.7. The van der Waals surface area contributed by atoms with Gasteiger partial charge in [0.1, 0.15) is 35.0 Å². The average molecular weight is 500 g/mol. The van der Waals surface area contributed by atoms with Crippen molar-refractivity contribution in [2.75, 3.05) is 17.2 Å². The van der Waals surface area contributed by atoms with Crippen molar-refractivity contribution in [3.05, 3.63) is 40.1 Å². The van der Waals surface area contributed by atoms with Crippen LogP contribution in [0.1, 0.15) is 67.4 Å². The molecule has 0 aromatic carbocycles. The number of halogens is 1. The van der Waals surface area contributed by atoms with Crippen molar-refractivity contribution in [1.82, 2.24) is 19.9 Å². The van der Waals surface area contributed by atoms with Gasteiger partial charge in [0.25, 0.3) is 11.5 Å². The Kier molecular flexibility index (Phi) is 5.45. The average Bonchev–Trinajstić information content (AvgIpc) is 3.74. The van der Waals surface area contributed by atoms with Gasteiger partial charge in [-0.1, -0.05) is 0 Å². The van der Waals surface area contributed by atoms with Crippen LogP contribution in [-0.4, -0.2) is 32.9 Å². The quantitative estimate of drug-likeness (QED) is 0.494. The fourth-order valence-corrected chi connectivity index (χ4v) is 5.62. The molecule has 3 heterocycles. The Bertz CT molecular complexity index is 1270. The molecular formula is C24H30ClN7O3. The van der Waals surface area contributed by atoms with E-state index in [-0.39, 0.29) is 29.8 Å². The van der Waals surface area contributed by atoms with Crippen LogP contribution in [0.25, 0.3) is 0 Å². The maximum atomic E-state index is 13.6. The minimum absolute atomic E-state index is 0. The van der Waals surface area contributed by atoms with Crippen molar-refractivity contribution in [1.29, 1.82) is 0 Å². The number of carbonyl (C=O) groups is 2. The summed E-state index contributed by atoms with van der Waals surface area (Å²) in [5.41, 5.74) is 6.26. The summed E-state index contributed by atoms with van der Waals surface area (Å²) in [5, 5.41) is 9.04. The standard InChI is InChI=1S/C24H29N7O3.ClH/c1-14-10-15(28-16-11-17(27-13-26-16)29-21(34)23(12-25)6-7-23)20(33)31-18(14)19(32)30-24(31)8-4-22(2-3-22)5-9-24;/h10-11,13H,2-9,12,25H2,1H3,(H,30,32)(H2,26,27,28,29,34);1H. The molecule has 6 rings (SSSR count). The Labute approximate surface area is 208 Å². The number of aromatic nitrogens is 3. The monoisotopic (exact) mass is 499 g/mol. The van der Waals surface area contributed by atoms with Crippen LogP contribution in [-0.2, 0) is 10.5 Å². The van der Waals surface area contributed by atoms with Crippen LogP contribution in [0, 0.1) is 17.8 Å². The molecule has 0 unspecified atom stereocenters. The van der Waals surface area contributed by atoms with Gasteiger partial charge in [0, 0.05) is 12.6 Å². The molecule has 0 bridgehead atoms. The SMILES string of the molecule is Cc1cc(Nc2cc(NC(=O)C3(CN)CC3)ncn2)c(=O)n2c1C(=O)NC21CCC2(CC2)CC1.Cl. The van der Waals surface area contributed by atoms with Crippen LogP contribution in [0.4, 0.5) is 17.3 Å². The summed E-state index contributed by atoms with van der Waals surface area (Å²) in [6.07, 6.45) is 8.95. The lowest BCUT2D eigenvalue weighted by molar-refractivity contribution is -0.120. The Morgan fingerprint density at radius 2 is 1.71 bits per heavy atom. The van der Waals surface area contributed by atoms with E-state index in [0.717, 1.165) is 44.1 Å². The van der Waals surface area contributed by atoms with E-state index in [9.17, 15) is 14.4 Å². The lowest BCUT2D eigenvalue weighted by atomic mass is 9.79. The molecule has 3 fully saturated rings. The minimum atomic E-state index is -0.661. The second-order valence-corrected chi connectivity index (χ2v) is 10.6. The molecule has 3 saturated carbocycles. The first-order valence-electron chi connectivity index (χ1n) is 12.0. The molecule has 0 atom stereocenters. The van der Waals surface area contributed by atoms with Crippen LogP contribution in [0.3, 0.4) is 0 Å². The van der Waals surface area contributed by atoms with Crippen molar-refractivity contribution in [2.45, 2.75) is 64.0 Å². The maximum absolute atomic E-state index is 13.6. The third-order valence-electron chi connectivity index (χ3n) is 8.37. The Morgan fingerprint density at radius 1 is 1.06 bits per heavy atom. The molecule has 2 spiro atoms. The molecule has 0 radical (unpaired) electrons. The van der Waals surface area contributed by atoms with E-state index in [1.807, 2.05) is 6.92 Å². The lowest BCUT2D eigenvalue weighted by Crippen LogP contribution is -2.50. The highest BCUT2D eigenvalue weighted by molar-refractivity contribution is 5.97. The maximum Gasteiger partial charge on any atom is 0.276 e. The van der Waals surface area contributed by atoms with E-state index < -0.39 is 11.1 Å². The number of anilines is 3. The van der Waals surface area contributed by atoms with Gasteiger partial charge < -0.3 is 21.7 Å². The highest BCUT2D eigenvalue weighted by Gasteiger charge is 2.54. The lowest BCUT2D eigenvalue weighted by Gasteiger charge is -2.39. The molecule has 1 aliphatic heterocycles. The molecular weight excluding hydrogens is 470 g/mol. The minimum Gasteiger partial charge on any atom is -0.336 e. The number of carbonyl (C=O) groups excluding carboxylic acids is 2. The topological polar surface area (TPSA) is 144 Å². The number of nitrogens with two attached hydrogens (primary N) is 1. The number of pyridine rings is 1. The number of nitrogens with zero attached hydrogens (tertiary/aromatic N) is 3. The second kappa shape index (κ2) is 8.03. The molecule has 11 heteroatoms. The van der Waals surface area contributed by atoms with Gasteiger partial charge in [-0.05, 0) is 75.3 Å². The summed E-state index contributed by atoms with van der Waals surface area (Å²) in [6.45, 7) is 2.14. The third kappa shape index (κ3) is 3.79. The number of hydrogen-bond donors (Lipinski definition) is 4. The molecule has 2 amide bonds. The van der Waals surface area contributed by atoms with Crippen LogP contribution in [0.5, 0.6) is 0 Å². The van der Waals surface area contributed by atoms with Gasteiger partial charge in [-0.2, -0.15) is 0 Å². The van der Waals surface area contributed by atoms with Crippen molar-refractivity contribution in [2.24, 2.45) is 16.6 Å². The highest BCUT2D eigenvalue weighted by Crippen LogP contribution is 2.59.